The van der Waals surface area contributed by atoms with Crippen molar-refractivity contribution in [2.45, 2.75) is 13.5 Å². The summed E-state index contributed by atoms with van der Waals surface area (Å²) in [6.45, 7) is 2.59. The summed E-state index contributed by atoms with van der Waals surface area (Å²) in [5, 5.41) is 3.18. The Bertz CT molecular complexity index is 599. The molecule has 0 aliphatic rings. The quantitative estimate of drug-likeness (QED) is 0.901. The van der Waals surface area contributed by atoms with Crippen molar-refractivity contribution in [2.24, 2.45) is 0 Å². The molecule has 0 heterocycles. The molecule has 3 nitrogen and oxygen atoms in total. The maximum atomic E-state index is 13.6. The third-order valence-corrected chi connectivity index (χ3v) is 3.07. The van der Waals surface area contributed by atoms with E-state index in [9.17, 15) is 4.39 Å². The van der Waals surface area contributed by atoms with Crippen LogP contribution in [0.25, 0.3) is 0 Å². The van der Waals surface area contributed by atoms with E-state index < -0.39 is 0 Å². The molecule has 106 valence electrons. The van der Waals surface area contributed by atoms with E-state index in [2.05, 4.69) is 5.32 Å². The lowest BCUT2D eigenvalue weighted by Crippen LogP contribution is -2.02. The van der Waals surface area contributed by atoms with Crippen LogP contribution in [-0.2, 0) is 6.54 Å². The summed E-state index contributed by atoms with van der Waals surface area (Å²) < 4.78 is 23.8. The van der Waals surface area contributed by atoms with E-state index in [1.807, 2.05) is 25.1 Å². The van der Waals surface area contributed by atoms with Crippen LogP contribution in [0.15, 0.2) is 36.4 Å². The normalized spacial score (nSPS) is 10.2. The summed E-state index contributed by atoms with van der Waals surface area (Å²) in [7, 11) is 3.09. The summed E-state index contributed by atoms with van der Waals surface area (Å²) in [5.74, 6) is 0.675. The van der Waals surface area contributed by atoms with Gasteiger partial charge in [0, 0.05) is 23.9 Å². The van der Waals surface area contributed by atoms with Crippen LogP contribution in [0.2, 0.25) is 0 Å². The van der Waals surface area contributed by atoms with E-state index in [-0.39, 0.29) is 11.6 Å². The molecule has 0 aliphatic carbocycles. The molecule has 0 unspecified atom stereocenters. The minimum absolute atomic E-state index is 0.240. The Kier molecular flexibility index (Phi) is 4.45. The molecule has 0 saturated heterocycles. The Hall–Kier alpha value is -2.23. The molecule has 20 heavy (non-hydrogen) atoms. The second-order valence-corrected chi connectivity index (χ2v) is 4.52. The Morgan fingerprint density at radius 3 is 2.35 bits per heavy atom. The average molecular weight is 275 g/mol. The molecule has 1 N–H and O–H groups in total. The molecule has 0 atom stereocenters. The standard InChI is InChI=1S/C16H18FNO2/c1-11-4-6-15(19-2)12(8-11)10-18-13-5-7-16(20-3)14(17)9-13/h4-9,18H,10H2,1-3H3. The summed E-state index contributed by atoms with van der Waals surface area (Å²) in [6.07, 6.45) is 0. The number of aryl methyl sites for hydroxylation is 1. The third-order valence-electron chi connectivity index (χ3n) is 3.07. The van der Waals surface area contributed by atoms with Gasteiger partial charge in [-0.05, 0) is 25.1 Å². The van der Waals surface area contributed by atoms with Crippen molar-refractivity contribution in [3.05, 3.63) is 53.3 Å². The molecule has 0 bridgehead atoms. The molecular formula is C16H18FNO2. The van der Waals surface area contributed by atoms with Crippen molar-refractivity contribution in [1.29, 1.82) is 0 Å². The molecule has 0 aliphatic heterocycles. The van der Waals surface area contributed by atoms with Gasteiger partial charge in [-0.3, -0.25) is 0 Å². The van der Waals surface area contributed by atoms with Gasteiger partial charge in [0.25, 0.3) is 0 Å². The monoisotopic (exact) mass is 275 g/mol. The Morgan fingerprint density at radius 1 is 1.00 bits per heavy atom. The third kappa shape index (κ3) is 3.20. The van der Waals surface area contributed by atoms with Gasteiger partial charge in [-0.15, -0.1) is 0 Å². The smallest absolute Gasteiger partial charge is 0.167 e. The number of benzene rings is 2. The Labute approximate surface area is 118 Å². The van der Waals surface area contributed by atoms with E-state index >= 15 is 0 Å². The zero-order valence-corrected chi connectivity index (χ0v) is 11.9. The van der Waals surface area contributed by atoms with Gasteiger partial charge in [-0.25, -0.2) is 4.39 Å². The molecule has 0 saturated carbocycles. The molecule has 2 rings (SSSR count). The zero-order chi connectivity index (χ0) is 14.5. The number of halogens is 1. The van der Waals surface area contributed by atoms with E-state index in [1.165, 1.54) is 13.2 Å². The minimum atomic E-state index is -0.381. The first-order chi connectivity index (χ1) is 9.63. The molecule has 0 amide bonds. The van der Waals surface area contributed by atoms with Crippen LogP contribution >= 0.6 is 0 Å². The van der Waals surface area contributed by atoms with Crippen LogP contribution in [0.1, 0.15) is 11.1 Å². The van der Waals surface area contributed by atoms with Gasteiger partial charge >= 0.3 is 0 Å². The van der Waals surface area contributed by atoms with Crippen molar-refractivity contribution < 1.29 is 13.9 Å². The number of ether oxygens (including phenoxy) is 2. The summed E-state index contributed by atoms with van der Waals surface area (Å²) in [4.78, 5) is 0. The van der Waals surface area contributed by atoms with E-state index in [0.29, 0.717) is 12.2 Å². The number of nitrogens with one attached hydrogen (secondary N) is 1. The number of anilines is 1. The lowest BCUT2D eigenvalue weighted by atomic mass is 10.1. The molecule has 0 spiro atoms. The van der Waals surface area contributed by atoms with Gasteiger partial charge in [0.1, 0.15) is 5.75 Å². The topological polar surface area (TPSA) is 30.5 Å². The fourth-order valence-corrected chi connectivity index (χ4v) is 2.02. The molecule has 4 heteroatoms. The van der Waals surface area contributed by atoms with Crippen molar-refractivity contribution in [3.8, 4) is 11.5 Å². The highest BCUT2D eigenvalue weighted by molar-refractivity contribution is 5.49. The highest BCUT2D eigenvalue weighted by atomic mass is 19.1. The van der Waals surface area contributed by atoms with Gasteiger partial charge in [-0.1, -0.05) is 17.7 Å². The van der Waals surface area contributed by atoms with E-state index in [4.69, 9.17) is 9.47 Å². The molecule has 0 aromatic heterocycles. The molecule has 2 aromatic carbocycles. The van der Waals surface area contributed by atoms with Crippen LogP contribution in [-0.4, -0.2) is 14.2 Å². The van der Waals surface area contributed by atoms with Crippen LogP contribution in [0.5, 0.6) is 11.5 Å². The Morgan fingerprint density at radius 2 is 1.70 bits per heavy atom. The van der Waals surface area contributed by atoms with Crippen molar-refractivity contribution in [1.82, 2.24) is 0 Å². The lowest BCUT2D eigenvalue weighted by molar-refractivity contribution is 0.386. The van der Waals surface area contributed by atoms with Gasteiger partial charge in [0.05, 0.1) is 14.2 Å². The number of hydrogen-bond donors (Lipinski definition) is 1. The van der Waals surface area contributed by atoms with Gasteiger partial charge in [0.2, 0.25) is 0 Å². The highest BCUT2D eigenvalue weighted by Gasteiger charge is 2.06. The first kappa shape index (κ1) is 14.2. The van der Waals surface area contributed by atoms with Gasteiger partial charge in [0.15, 0.2) is 11.6 Å². The van der Waals surface area contributed by atoms with E-state index in [1.54, 1.807) is 19.2 Å². The average Bonchev–Trinajstić information content (AvgIpc) is 2.45. The SMILES string of the molecule is COc1ccc(NCc2cc(C)ccc2OC)cc1F. The molecule has 0 fully saturated rings. The molecule has 2 aromatic rings. The maximum Gasteiger partial charge on any atom is 0.167 e. The minimum Gasteiger partial charge on any atom is -0.496 e. The molecule has 0 radical (unpaired) electrons. The van der Waals surface area contributed by atoms with E-state index in [0.717, 1.165) is 16.9 Å². The predicted molar refractivity (Wildman–Crippen MR) is 78.0 cm³/mol. The summed E-state index contributed by atoms with van der Waals surface area (Å²) >= 11 is 0. The number of methoxy groups -OCH3 is 2. The summed E-state index contributed by atoms with van der Waals surface area (Å²) in [6, 6.07) is 10.8. The largest absolute Gasteiger partial charge is 0.496 e. The van der Waals surface area contributed by atoms with Crippen molar-refractivity contribution >= 4 is 5.69 Å². The highest BCUT2D eigenvalue weighted by Crippen LogP contribution is 2.23. The first-order valence-electron chi connectivity index (χ1n) is 6.35. The lowest BCUT2D eigenvalue weighted by Gasteiger charge is -2.12. The summed E-state index contributed by atoms with van der Waals surface area (Å²) in [5.41, 5.74) is 2.89. The fourth-order valence-electron chi connectivity index (χ4n) is 2.02. The van der Waals surface area contributed by atoms with Crippen LogP contribution in [0.3, 0.4) is 0 Å². The fraction of sp³-hybridized carbons (Fsp3) is 0.250. The van der Waals surface area contributed by atoms with Crippen LogP contribution < -0.4 is 14.8 Å². The molecular weight excluding hydrogens is 257 g/mol. The maximum absolute atomic E-state index is 13.6. The predicted octanol–water partition coefficient (Wildman–Crippen LogP) is 3.76. The Balaban J connectivity index is 2.12. The van der Waals surface area contributed by atoms with Crippen molar-refractivity contribution in [3.63, 3.8) is 0 Å². The van der Waals surface area contributed by atoms with Gasteiger partial charge < -0.3 is 14.8 Å². The van der Waals surface area contributed by atoms with Crippen molar-refractivity contribution in [2.75, 3.05) is 19.5 Å². The van der Waals surface area contributed by atoms with Gasteiger partial charge in [-0.2, -0.15) is 0 Å². The second kappa shape index (κ2) is 6.28. The zero-order valence-electron chi connectivity index (χ0n) is 11.9. The second-order valence-electron chi connectivity index (χ2n) is 4.52. The number of hydrogen-bond acceptors (Lipinski definition) is 3. The number of rotatable bonds is 5. The van der Waals surface area contributed by atoms with Crippen LogP contribution in [0.4, 0.5) is 10.1 Å². The van der Waals surface area contributed by atoms with Crippen LogP contribution in [0, 0.1) is 12.7 Å². The first-order valence-corrected chi connectivity index (χ1v) is 6.35.